The van der Waals surface area contributed by atoms with Crippen LogP contribution in [0.1, 0.15) is 44.2 Å². The molecule has 0 unspecified atom stereocenters. The number of likely N-dealkylation sites (N-methyl/N-ethyl adjacent to an activating group) is 1. The maximum atomic E-state index is 13.3. The minimum absolute atomic E-state index is 0.00456. The molecule has 5 nitrogen and oxygen atoms in total. The fourth-order valence-corrected chi connectivity index (χ4v) is 5.36. The first kappa shape index (κ1) is 20.6. The van der Waals surface area contributed by atoms with Gasteiger partial charge >= 0.3 is 0 Å². The Bertz CT molecular complexity index is 1230. The number of likely N-dealkylation sites (tertiary alicyclic amines) is 1. The molecule has 3 heterocycles. The number of carbonyl (C=O) groups excluding carboxylic acids is 2. The Morgan fingerprint density at radius 3 is 2.50 bits per heavy atom. The third kappa shape index (κ3) is 3.32. The van der Waals surface area contributed by atoms with Crippen molar-refractivity contribution in [3.8, 4) is 0 Å². The maximum Gasteiger partial charge on any atom is 0.258 e. The van der Waals surface area contributed by atoms with Crippen LogP contribution in [0.5, 0.6) is 0 Å². The van der Waals surface area contributed by atoms with Gasteiger partial charge in [0.2, 0.25) is 5.91 Å². The van der Waals surface area contributed by atoms with Crippen LogP contribution in [-0.2, 0) is 16.1 Å². The minimum atomic E-state index is -0.00456. The summed E-state index contributed by atoms with van der Waals surface area (Å²) in [5.74, 6) is 0.154. The summed E-state index contributed by atoms with van der Waals surface area (Å²) in [5.41, 5.74) is 4.54. The molecule has 0 bridgehead atoms. The van der Waals surface area contributed by atoms with Gasteiger partial charge in [-0.05, 0) is 51.3 Å². The molecule has 1 aromatic heterocycles. The van der Waals surface area contributed by atoms with Crippen LogP contribution in [0.2, 0.25) is 0 Å². The molecule has 2 aliphatic rings. The van der Waals surface area contributed by atoms with E-state index < -0.39 is 0 Å². The summed E-state index contributed by atoms with van der Waals surface area (Å²) in [6.07, 6.45) is 7.30. The van der Waals surface area contributed by atoms with Gasteiger partial charge in [0, 0.05) is 52.9 Å². The zero-order chi connectivity index (χ0) is 22.4. The summed E-state index contributed by atoms with van der Waals surface area (Å²) in [7, 11) is 1.81. The average molecular weight is 428 g/mol. The van der Waals surface area contributed by atoms with E-state index in [2.05, 4.69) is 24.8 Å². The van der Waals surface area contributed by atoms with Gasteiger partial charge in [0.05, 0.1) is 5.69 Å². The molecule has 32 heavy (non-hydrogen) atoms. The van der Waals surface area contributed by atoms with Crippen LogP contribution in [-0.4, -0.2) is 40.4 Å². The molecular formula is C27H29N3O2. The van der Waals surface area contributed by atoms with Crippen LogP contribution in [0.25, 0.3) is 22.6 Å². The molecule has 2 aromatic carbocycles. The zero-order valence-corrected chi connectivity index (χ0v) is 18.9. The van der Waals surface area contributed by atoms with Crippen molar-refractivity contribution in [1.29, 1.82) is 0 Å². The van der Waals surface area contributed by atoms with Crippen molar-refractivity contribution in [3.63, 3.8) is 0 Å². The van der Waals surface area contributed by atoms with Crippen LogP contribution in [0.3, 0.4) is 0 Å². The molecule has 164 valence electrons. The minimum Gasteiger partial charge on any atom is -0.337 e. The quantitative estimate of drug-likeness (QED) is 0.556. The Morgan fingerprint density at radius 2 is 1.72 bits per heavy atom. The number of hydrogen-bond donors (Lipinski definition) is 0. The van der Waals surface area contributed by atoms with E-state index in [1.807, 2.05) is 66.4 Å². The molecule has 0 saturated carbocycles. The van der Waals surface area contributed by atoms with E-state index in [1.54, 1.807) is 4.90 Å². The lowest BCUT2D eigenvalue weighted by Crippen LogP contribution is -2.48. The van der Waals surface area contributed by atoms with Gasteiger partial charge in [0.1, 0.15) is 6.54 Å². The number of anilines is 1. The van der Waals surface area contributed by atoms with Gasteiger partial charge in [-0.25, -0.2) is 0 Å². The zero-order valence-electron chi connectivity index (χ0n) is 18.9. The highest BCUT2D eigenvalue weighted by Gasteiger charge is 2.31. The highest BCUT2D eigenvalue weighted by Crippen LogP contribution is 2.37. The maximum absolute atomic E-state index is 13.3. The third-order valence-electron chi connectivity index (χ3n) is 7.00. The molecular weight excluding hydrogens is 398 g/mol. The molecule has 0 spiro atoms. The van der Waals surface area contributed by atoms with Gasteiger partial charge in [-0.2, -0.15) is 0 Å². The number of rotatable bonds is 3. The highest BCUT2D eigenvalue weighted by molar-refractivity contribution is 6.36. The number of fused-ring (bicyclic) bond motifs is 2. The fraction of sp³-hybridized carbons (Fsp3) is 0.333. The number of nitrogens with zero attached hydrogens (tertiary/aromatic N) is 3. The molecule has 2 atom stereocenters. The Balaban J connectivity index is 1.54. The lowest BCUT2D eigenvalue weighted by Gasteiger charge is -2.39. The number of piperidine rings is 1. The molecule has 5 rings (SSSR count). The standard InChI is InChI=1S/C27H29N3O2/c1-18-9-8-10-19(2)30(18)26(31)17-29-16-20(21-11-4-7-14-25(21)29)15-23-22-12-5-6-13-24(22)28(3)27(23)32/h4-7,11-16,18-19H,8-10,17H2,1-3H3/b23-15+/t18-,19+. The summed E-state index contributed by atoms with van der Waals surface area (Å²) >= 11 is 0. The summed E-state index contributed by atoms with van der Waals surface area (Å²) < 4.78 is 2.03. The molecule has 0 N–H and O–H groups in total. The first-order chi connectivity index (χ1) is 15.5. The Hall–Kier alpha value is -3.34. The molecule has 1 saturated heterocycles. The van der Waals surface area contributed by atoms with Gasteiger partial charge in [-0.1, -0.05) is 36.4 Å². The van der Waals surface area contributed by atoms with Crippen LogP contribution in [0.4, 0.5) is 5.69 Å². The van der Waals surface area contributed by atoms with E-state index >= 15 is 0 Å². The number of para-hydroxylation sites is 2. The first-order valence-electron chi connectivity index (χ1n) is 11.4. The van der Waals surface area contributed by atoms with Crippen molar-refractivity contribution >= 4 is 40.1 Å². The van der Waals surface area contributed by atoms with Crippen molar-refractivity contribution < 1.29 is 9.59 Å². The van der Waals surface area contributed by atoms with Crippen LogP contribution in [0, 0.1) is 0 Å². The molecule has 0 radical (unpaired) electrons. The SMILES string of the molecule is C[C@@H]1CCC[C@H](C)N1C(=O)Cn1cc(/C=C2/C(=O)N(C)c3ccccc32)c2ccccc21. The number of carbonyl (C=O) groups is 2. The number of aromatic nitrogens is 1. The number of benzene rings is 2. The van der Waals surface area contributed by atoms with Crippen molar-refractivity contribution in [3.05, 3.63) is 65.9 Å². The topological polar surface area (TPSA) is 45.6 Å². The second kappa shape index (κ2) is 7.97. The summed E-state index contributed by atoms with van der Waals surface area (Å²) in [6.45, 7) is 4.61. The van der Waals surface area contributed by atoms with Crippen molar-refractivity contribution in [1.82, 2.24) is 9.47 Å². The predicted molar refractivity (Wildman–Crippen MR) is 129 cm³/mol. The normalized spacial score (nSPS) is 22.1. The van der Waals surface area contributed by atoms with Crippen LogP contribution in [0.15, 0.2) is 54.7 Å². The molecule has 2 amide bonds. The van der Waals surface area contributed by atoms with Gasteiger partial charge in [-0.3, -0.25) is 9.59 Å². The first-order valence-corrected chi connectivity index (χ1v) is 11.4. The highest BCUT2D eigenvalue weighted by atomic mass is 16.2. The van der Waals surface area contributed by atoms with E-state index in [-0.39, 0.29) is 23.9 Å². The Kier molecular flexibility index (Phi) is 5.12. The van der Waals surface area contributed by atoms with Crippen LogP contribution < -0.4 is 4.90 Å². The Labute approximate surface area is 188 Å². The van der Waals surface area contributed by atoms with E-state index in [0.29, 0.717) is 12.1 Å². The third-order valence-corrected chi connectivity index (χ3v) is 7.00. The predicted octanol–water partition coefficient (Wildman–Crippen LogP) is 4.95. The largest absolute Gasteiger partial charge is 0.337 e. The molecule has 3 aromatic rings. The van der Waals surface area contributed by atoms with Gasteiger partial charge < -0.3 is 14.4 Å². The lowest BCUT2D eigenvalue weighted by molar-refractivity contribution is -0.137. The second-order valence-electron chi connectivity index (χ2n) is 9.10. The van der Waals surface area contributed by atoms with Crippen molar-refractivity contribution in [2.75, 3.05) is 11.9 Å². The van der Waals surface area contributed by atoms with Crippen LogP contribution >= 0.6 is 0 Å². The monoisotopic (exact) mass is 427 g/mol. The fourth-order valence-electron chi connectivity index (χ4n) is 5.36. The average Bonchev–Trinajstić information content (AvgIpc) is 3.24. The molecule has 0 aliphatic carbocycles. The van der Waals surface area contributed by atoms with E-state index in [0.717, 1.165) is 40.6 Å². The summed E-state index contributed by atoms with van der Waals surface area (Å²) in [4.78, 5) is 30.0. The van der Waals surface area contributed by atoms with Gasteiger partial charge in [0.15, 0.2) is 0 Å². The number of amides is 2. The Morgan fingerprint density at radius 1 is 1.03 bits per heavy atom. The number of hydrogen-bond acceptors (Lipinski definition) is 2. The van der Waals surface area contributed by atoms with Crippen molar-refractivity contribution in [2.24, 2.45) is 0 Å². The van der Waals surface area contributed by atoms with Crippen molar-refractivity contribution in [2.45, 2.75) is 51.7 Å². The summed E-state index contributed by atoms with van der Waals surface area (Å²) in [5, 5.41) is 1.05. The second-order valence-corrected chi connectivity index (χ2v) is 9.10. The van der Waals surface area contributed by atoms with E-state index in [4.69, 9.17) is 0 Å². The smallest absolute Gasteiger partial charge is 0.258 e. The van der Waals surface area contributed by atoms with E-state index in [9.17, 15) is 9.59 Å². The molecule has 1 fully saturated rings. The van der Waals surface area contributed by atoms with E-state index in [1.165, 1.54) is 6.42 Å². The van der Waals surface area contributed by atoms with Gasteiger partial charge in [-0.15, -0.1) is 0 Å². The molecule has 5 heteroatoms. The van der Waals surface area contributed by atoms with Gasteiger partial charge in [0.25, 0.3) is 5.91 Å². The molecule has 2 aliphatic heterocycles. The lowest BCUT2D eigenvalue weighted by atomic mass is 9.97. The summed E-state index contributed by atoms with van der Waals surface area (Å²) in [6, 6.07) is 16.5.